The van der Waals surface area contributed by atoms with Gasteiger partial charge < -0.3 is 5.32 Å². The summed E-state index contributed by atoms with van der Waals surface area (Å²) >= 11 is 1.79. The van der Waals surface area contributed by atoms with Gasteiger partial charge in [-0.3, -0.25) is 0 Å². The van der Waals surface area contributed by atoms with Crippen molar-refractivity contribution in [3.63, 3.8) is 0 Å². The van der Waals surface area contributed by atoms with Gasteiger partial charge in [0.05, 0.1) is 5.01 Å². The molecule has 0 aliphatic rings. The van der Waals surface area contributed by atoms with Gasteiger partial charge in [0.25, 0.3) is 0 Å². The molecule has 0 aliphatic heterocycles. The van der Waals surface area contributed by atoms with Gasteiger partial charge in [-0.1, -0.05) is 26.7 Å². The van der Waals surface area contributed by atoms with E-state index in [2.05, 4.69) is 36.6 Å². The van der Waals surface area contributed by atoms with E-state index in [0.29, 0.717) is 5.41 Å². The van der Waals surface area contributed by atoms with Gasteiger partial charge in [-0.2, -0.15) is 0 Å². The lowest BCUT2D eigenvalue weighted by Gasteiger charge is -2.32. The summed E-state index contributed by atoms with van der Waals surface area (Å²) in [4.78, 5) is 4.43. The average molecular weight is 240 g/mol. The summed E-state index contributed by atoms with van der Waals surface area (Å²) in [5.41, 5.74) is 0.405. The molecule has 0 aliphatic carbocycles. The van der Waals surface area contributed by atoms with E-state index in [1.54, 1.807) is 11.3 Å². The molecule has 2 nitrogen and oxygen atoms in total. The van der Waals surface area contributed by atoms with Crippen LogP contribution in [0.3, 0.4) is 0 Å². The second-order valence-electron chi connectivity index (χ2n) is 4.59. The van der Waals surface area contributed by atoms with E-state index in [1.165, 1.54) is 30.7 Å². The molecular weight excluding hydrogens is 216 g/mol. The number of nitrogens with one attached hydrogen (secondary N) is 1. The molecule has 1 heterocycles. The molecule has 0 amide bonds. The summed E-state index contributed by atoms with van der Waals surface area (Å²) in [5.74, 6) is 0. The van der Waals surface area contributed by atoms with Gasteiger partial charge in [0, 0.05) is 24.5 Å². The Hall–Kier alpha value is -0.410. The van der Waals surface area contributed by atoms with Crippen molar-refractivity contribution in [2.24, 2.45) is 5.41 Å². The summed E-state index contributed by atoms with van der Waals surface area (Å²) in [7, 11) is 2.05. The second kappa shape index (κ2) is 7.02. The number of rotatable bonds is 8. The first-order valence-electron chi connectivity index (χ1n) is 6.29. The van der Waals surface area contributed by atoms with E-state index in [1.807, 2.05) is 6.20 Å². The first-order valence-corrected chi connectivity index (χ1v) is 7.17. The van der Waals surface area contributed by atoms with Gasteiger partial charge in [0.1, 0.15) is 0 Å². The maximum Gasteiger partial charge on any atom is 0.0930 e. The molecule has 0 bridgehead atoms. The predicted molar refractivity (Wildman–Crippen MR) is 72.0 cm³/mol. The van der Waals surface area contributed by atoms with Crippen LogP contribution in [0.15, 0.2) is 11.6 Å². The fourth-order valence-corrected chi connectivity index (χ4v) is 3.04. The van der Waals surface area contributed by atoms with E-state index in [0.717, 1.165) is 13.0 Å². The van der Waals surface area contributed by atoms with E-state index in [4.69, 9.17) is 0 Å². The zero-order valence-corrected chi connectivity index (χ0v) is 11.6. The van der Waals surface area contributed by atoms with E-state index < -0.39 is 0 Å². The van der Waals surface area contributed by atoms with Crippen LogP contribution in [0.25, 0.3) is 0 Å². The van der Waals surface area contributed by atoms with Gasteiger partial charge in [-0.15, -0.1) is 11.3 Å². The summed E-state index contributed by atoms with van der Waals surface area (Å²) in [6, 6.07) is 0. The molecule has 0 radical (unpaired) electrons. The highest BCUT2D eigenvalue weighted by Crippen LogP contribution is 2.33. The molecule has 0 spiro atoms. The normalized spacial score (nSPS) is 14.9. The molecule has 1 aromatic heterocycles. The second-order valence-corrected chi connectivity index (χ2v) is 5.57. The van der Waals surface area contributed by atoms with Crippen molar-refractivity contribution in [2.45, 2.75) is 46.0 Å². The standard InChI is InChI=1S/C13H24N2S/c1-4-6-7-13(5-2,11-14-3)10-12-15-8-9-16-12/h8-9,14H,4-7,10-11H2,1-3H3. The van der Waals surface area contributed by atoms with Gasteiger partial charge in [-0.25, -0.2) is 4.98 Å². The number of unbranched alkanes of at least 4 members (excludes halogenated alkanes) is 1. The molecule has 92 valence electrons. The first-order chi connectivity index (χ1) is 7.76. The highest BCUT2D eigenvalue weighted by molar-refractivity contribution is 7.09. The Morgan fingerprint density at radius 3 is 2.75 bits per heavy atom. The molecule has 16 heavy (non-hydrogen) atoms. The Morgan fingerprint density at radius 2 is 2.25 bits per heavy atom. The van der Waals surface area contributed by atoms with Gasteiger partial charge in [0.2, 0.25) is 0 Å². The maximum atomic E-state index is 4.43. The Morgan fingerprint density at radius 1 is 1.44 bits per heavy atom. The molecule has 1 rings (SSSR count). The molecule has 1 aromatic rings. The molecule has 1 atom stereocenters. The molecule has 0 fully saturated rings. The van der Waals surface area contributed by atoms with Crippen molar-refractivity contribution in [3.05, 3.63) is 16.6 Å². The molecule has 3 heteroatoms. The van der Waals surface area contributed by atoms with E-state index in [9.17, 15) is 0 Å². The van der Waals surface area contributed by atoms with Crippen molar-refractivity contribution in [1.82, 2.24) is 10.3 Å². The number of thiazole rings is 1. The average Bonchev–Trinajstić information content (AvgIpc) is 2.79. The van der Waals surface area contributed by atoms with Crippen molar-refractivity contribution in [1.29, 1.82) is 0 Å². The van der Waals surface area contributed by atoms with Crippen molar-refractivity contribution < 1.29 is 0 Å². The van der Waals surface area contributed by atoms with Crippen LogP contribution in [-0.2, 0) is 6.42 Å². The van der Waals surface area contributed by atoms with Crippen molar-refractivity contribution in [3.8, 4) is 0 Å². The highest BCUT2D eigenvalue weighted by atomic mass is 32.1. The quantitative estimate of drug-likeness (QED) is 0.752. The number of hydrogen-bond acceptors (Lipinski definition) is 3. The summed E-state index contributed by atoms with van der Waals surface area (Å²) in [5, 5.41) is 6.72. The smallest absolute Gasteiger partial charge is 0.0930 e. The van der Waals surface area contributed by atoms with E-state index in [-0.39, 0.29) is 0 Å². The zero-order chi connectivity index (χ0) is 11.9. The fraction of sp³-hybridized carbons (Fsp3) is 0.769. The Kier molecular flexibility index (Phi) is 5.99. The molecule has 0 saturated heterocycles. The number of nitrogens with zero attached hydrogens (tertiary/aromatic N) is 1. The number of hydrogen-bond donors (Lipinski definition) is 1. The van der Waals surface area contributed by atoms with Crippen LogP contribution in [0.1, 0.15) is 44.5 Å². The lowest BCUT2D eigenvalue weighted by atomic mass is 9.77. The summed E-state index contributed by atoms with van der Waals surface area (Å²) in [6.07, 6.45) is 8.18. The Balaban J connectivity index is 2.67. The third kappa shape index (κ3) is 3.87. The Bertz CT molecular complexity index is 271. The molecule has 1 N–H and O–H groups in total. The lowest BCUT2D eigenvalue weighted by Crippen LogP contribution is -2.34. The fourth-order valence-electron chi connectivity index (χ4n) is 2.25. The number of aromatic nitrogens is 1. The lowest BCUT2D eigenvalue weighted by molar-refractivity contribution is 0.234. The minimum absolute atomic E-state index is 0.405. The minimum atomic E-state index is 0.405. The largest absolute Gasteiger partial charge is 0.319 e. The van der Waals surface area contributed by atoms with Crippen LogP contribution >= 0.6 is 11.3 Å². The van der Waals surface area contributed by atoms with E-state index >= 15 is 0 Å². The van der Waals surface area contributed by atoms with Crippen LogP contribution < -0.4 is 5.32 Å². The zero-order valence-electron chi connectivity index (χ0n) is 10.8. The van der Waals surface area contributed by atoms with Gasteiger partial charge in [0.15, 0.2) is 0 Å². The third-order valence-corrected chi connectivity index (χ3v) is 4.15. The van der Waals surface area contributed by atoms with Crippen LogP contribution in [0, 0.1) is 5.41 Å². The van der Waals surface area contributed by atoms with Crippen molar-refractivity contribution >= 4 is 11.3 Å². The highest BCUT2D eigenvalue weighted by Gasteiger charge is 2.28. The minimum Gasteiger partial charge on any atom is -0.319 e. The molecule has 1 unspecified atom stereocenters. The van der Waals surface area contributed by atoms with Crippen LogP contribution in [0.5, 0.6) is 0 Å². The maximum absolute atomic E-state index is 4.43. The van der Waals surface area contributed by atoms with Crippen LogP contribution in [-0.4, -0.2) is 18.6 Å². The van der Waals surface area contributed by atoms with Gasteiger partial charge >= 0.3 is 0 Å². The van der Waals surface area contributed by atoms with Crippen molar-refractivity contribution in [2.75, 3.05) is 13.6 Å². The molecular formula is C13H24N2S. The topological polar surface area (TPSA) is 24.9 Å². The summed E-state index contributed by atoms with van der Waals surface area (Å²) in [6.45, 7) is 5.67. The monoisotopic (exact) mass is 240 g/mol. The molecule has 0 aromatic carbocycles. The van der Waals surface area contributed by atoms with Crippen LogP contribution in [0.4, 0.5) is 0 Å². The third-order valence-electron chi connectivity index (χ3n) is 3.37. The first kappa shape index (κ1) is 13.7. The van der Waals surface area contributed by atoms with Crippen LogP contribution in [0.2, 0.25) is 0 Å². The SMILES string of the molecule is CCCCC(CC)(CNC)Cc1nccs1. The predicted octanol–water partition coefficient (Wildman–Crippen LogP) is 3.49. The molecule has 0 saturated carbocycles. The Labute approximate surface area is 103 Å². The van der Waals surface area contributed by atoms with Gasteiger partial charge in [-0.05, 0) is 25.3 Å². The summed E-state index contributed by atoms with van der Waals surface area (Å²) < 4.78 is 0.